The van der Waals surface area contributed by atoms with Crippen LogP contribution in [0, 0.1) is 5.92 Å². The molecule has 110 valence electrons. The topological polar surface area (TPSA) is 62.0 Å². The van der Waals surface area contributed by atoms with Crippen molar-refractivity contribution < 1.29 is 4.79 Å². The Morgan fingerprint density at radius 2 is 2.00 bits per heavy atom. The van der Waals surface area contributed by atoms with Crippen LogP contribution in [0.1, 0.15) is 43.0 Å². The molecule has 0 saturated heterocycles. The highest BCUT2D eigenvalue weighted by molar-refractivity contribution is 6.06. The Morgan fingerprint density at radius 1 is 1.24 bits per heavy atom. The fourth-order valence-corrected chi connectivity index (χ4v) is 3.17. The normalized spacial score (nSPS) is 22.1. The number of amides is 1. The lowest BCUT2D eigenvalue weighted by Gasteiger charge is -2.29. The number of H-pyrrole nitrogens is 1. The van der Waals surface area contributed by atoms with Crippen molar-refractivity contribution >= 4 is 16.8 Å². The molecule has 1 aliphatic rings. The fourth-order valence-electron chi connectivity index (χ4n) is 3.17. The van der Waals surface area contributed by atoms with E-state index >= 15 is 0 Å². The number of rotatable bonds is 2. The van der Waals surface area contributed by atoms with Gasteiger partial charge in [0.2, 0.25) is 5.56 Å². The first kappa shape index (κ1) is 13.9. The zero-order valence-electron chi connectivity index (χ0n) is 12.2. The van der Waals surface area contributed by atoms with Gasteiger partial charge in [-0.2, -0.15) is 0 Å². The number of hydrogen-bond donors (Lipinski definition) is 2. The van der Waals surface area contributed by atoms with E-state index in [0.29, 0.717) is 17.0 Å². The Morgan fingerprint density at radius 3 is 2.81 bits per heavy atom. The van der Waals surface area contributed by atoms with Gasteiger partial charge >= 0.3 is 0 Å². The van der Waals surface area contributed by atoms with Gasteiger partial charge in [-0.05, 0) is 24.8 Å². The second-order valence-corrected chi connectivity index (χ2v) is 5.93. The third-order valence-corrected chi connectivity index (χ3v) is 4.42. The molecule has 0 bridgehead atoms. The smallest absolute Gasteiger partial charge is 0.252 e. The summed E-state index contributed by atoms with van der Waals surface area (Å²) in [6.07, 6.45) is 4.57. The van der Waals surface area contributed by atoms with Gasteiger partial charge in [0.1, 0.15) is 0 Å². The standard InChI is InChI=1S/C17H20N2O2/c1-11-6-2-4-8-14(11)19-17(21)13-10-16(20)18-15-9-5-3-7-12(13)15/h3,5,7,9-11,14H,2,4,6,8H2,1H3,(H,18,20)(H,19,21)/t11-,14+/m1/s1. The molecule has 1 aromatic carbocycles. The molecule has 2 aromatic rings. The van der Waals surface area contributed by atoms with Crippen LogP contribution in [0.4, 0.5) is 0 Å². The van der Waals surface area contributed by atoms with Crippen molar-refractivity contribution in [3.63, 3.8) is 0 Å². The second kappa shape index (κ2) is 5.72. The summed E-state index contributed by atoms with van der Waals surface area (Å²) in [5.74, 6) is 0.354. The predicted octanol–water partition coefficient (Wildman–Crippen LogP) is 2.84. The number of aromatic amines is 1. The molecule has 1 fully saturated rings. The van der Waals surface area contributed by atoms with Gasteiger partial charge in [0.05, 0.1) is 5.56 Å². The number of aromatic nitrogens is 1. The minimum absolute atomic E-state index is 0.143. The largest absolute Gasteiger partial charge is 0.349 e. The van der Waals surface area contributed by atoms with Gasteiger partial charge in [-0.15, -0.1) is 0 Å². The van der Waals surface area contributed by atoms with E-state index in [4.69, 9.17) is 0 Å². The van der Waals surface area contributed by atoms with E-state index in [9.17, 15) is 9.59 Å². The number of nitrogens with one attached hydrogen (secondary N) is 2. The maximum atomic E-state index is 12.6. The molecule has 1 aromatic heterocycles. The van der Waals surface area contributed by atoms with Gasteiger partial charge in [0.25, 0.3) is 5.91 Å². The number of pyridine rings is 1. The zero-order valence-corrected chi connectivity index (χ0v) is 12.2. The molecule has 4 nitrogen and oxygen atoms in total. The van der Waals surface area contributed by atoms with E-state index in [1.54, 1.807) is 0 Å². The molecular weight excluding hydrogens is 264 g/mol. The summed E-state index contributed by atoms with van der Waals surface area (Å²) in [5.41, 5.74) is 0.925. The maximum Gasteiger partial charge on any atom is 0.252 e. The van der Waals surface area contributed by atoms with Crippen molar-refractivity contribution in [3.8, 4) is 0 Å². The predicted molar refractivity (Wildman–Crippen MR) is 83.5 cm³/mol. The molecule has 21 heavy (non-hydrogen) atoms. The fraction of sp³-hybridized carbons (Fsp3) is 0.412. The molecule has 0 radical (unpaired) electrons. The summed E-state index contributed by atoms with van der Waals surface area (Å²) in [6, 6.07) is 9.01. The third kappa shape index (κ3) is 2.84. The molecule has 2 atom stereocenters. The minimum atomic E-state index is -0.240. The molecule has 0 spiro atoms. The highest BCUT2D eigenvalue weighted by atomic mass is 16.2. The van der Waals surface area contributed by atoms with E-state index < -0.39 is 0 Å². The van der Waals surface area contributed by atoms with Crippen LogP contribution in [0.15, 0.2) is 35.1 Å². The first-order valence-corrected chi connectivity index (χ1v) is 7.58. The highest BCUT2D eigenvalue weighted by Gasteiger charge is 2.24. The number of hydrogen-bond acceptors (Lipinski definition) is 2. The summed E-state index contributed by atoms with van der Waals surface area (Å²) >= 11 is 0. The Bertz CT molecular complexity index is 720. The third-order valence-electron chi connectivity index (χ3n) is 4.42. The van der Waals surface area contributed by atoms with Crippen molar-refractivity contribution in [1.82, 2.24) is 10.3 Å². The summed E-state index contributed by atoms with van der Waals surface area (Å²) in [5, 5.41) is 3.90. The van der Waals surface area contributed by atoms with E-state index in [-0.39, 0.29) is 17.5 Å². The molecule has 1 amide bonds. The van der Waals surface area contributed by atoms with Crippen molar-refractivity contribution in [1.29, 1.82) is 0 Å². The lowest BCUT2D eigenvalue weighted by molar-refractivity contribution is 0.0912. The molecule has 0 unspecified atom stereocenters. The summed E-state index contributed by atoms with van der Waals surface area (Å²) in [7, 11) is 0. The molecule has 4 heteroatoms. The van der Waals surface area contributed by atoms with Gasteiger partial charge in [-0.1, -0.05) is 38.0 Å². The van der Waals surface area contributed by atoms with E-state index in [1.807, 2.05) is 24.3 Å². The highest BCUT2D eigenvalue weighted by Crippen LogP contribution is 2.24. The number of fused-ring (bicyclic) bond motifs is 1. The molecule has 1 aliphatic carbocycles. The molecular formula is C17H20N2O2. The van der Waals surface area contributed by atoms with Crippen LogP contribution in [0.2, 0.25) is 0 Å². The SMILES string of the molecule is C[C@@H]1CCCC[C@@H]1NC(=O)c1cc(=O)[nH]c2ccccc12. The van der Waals surface area contributed by atoms with Gasteiger partial charge in [0, 0.05) is 23.0 Å². The Labute approximate surface area is 123 Å². The van der Waals surface area contributed by atoms with Gasteiger partial charge in [-0.3, -0.25) is 9.59 Å². The number of carbonyl (C=O) groups excluding carboxylic acids is 1. The quantitative estimate of drug-likeness (QED) is 0.890. The first-order valence-electron chi connectivity index (χ1n) is 7.58. The van der Waals surface area contributed by atoms with Crippen LogP contribution < -0.4 is 10.9 Å². The second-order valence-electron chi connectivity index (χ2n) is 5.93. The van der Waals surface area contributed by atoms with Crippen molar-refractivity contribution in [2.24, 2.45) is 5.92 Å². The van der Waals surface area contributed by atoms with Crippen LogP contribution in [0.3, 0.4) is 0 Å². The first-order chi connectivity index (χ1) is 10.1. The van der Waals surface area contributed by atoms with Crippen molar-refractivity contribution in [3.05, 3.63) is 46.2 Å². The summed E-state index contributed by atoms with van der Waals surface area (Å²) in [6.45, 7) is 2.18. The molecule has 0 aliphatic heterocycles. The average Bonchev–Trinajstić information content (AvgIpc) is 2.48. The van der Waals surface area contributed by atoms with E-state index in [1.165, 1.54) is 12.5 Å². The Kier molecular flexibility index (Phi) is 3.78. The van der Waals surface area contributed by atoms with Gasteiger partial charge in [-0.25, -0.2) is 0 Å². The number of para-hydroxylation sites is 1. The van der Waals surface area contributed by atoms with Crippen LogP contribution in [0.25, 0.3) is 10.9 Å². The van der Waals surface area contributed by atoms with Crippen molar-refractivity contribution in [2.45, 2.75) is 38.6 Å². The molecule has 1 heterocycles. The number of carbonyl (C=O) groups is 1. The Hall–Kier alpha value is -2.10. The monoisotopic (exact) mass is 284 g/mol. The molecule has 1 saturated carbocycles. The zero-order chi connectivity index (χ0) is 14.8. The Balaban J connectivity index is 1.92. The van der Waals surface area contributed by atoms with Crippen LogP contribution in [-0.2, 0) is 0 Å². The minimum Gasteiger partial charge on any atom is -0.349 e. The molecule has 2 N–H and O–H groups in total. The van der Waals surface area contributed by atoms with E-state index in [2.05, 4.69) is 17.2 Å². The summed E-state index contributed by atoms with van der Waals surface area (Å²) < 4.78 is 0. The maximum absolute atomic E-state index is 12.6. The lowest BCUT2D eigenvalue weighted by Crippen LogP contribution is -2.41. The average molecular weight is 284 g/mol. The van der Waals surface area contributed by atoms with Crippen LogP contribution >= 0.6 is 0 Å². The lowest BCUT2D eigenvalue weighted by atomic mass is 9.86. The van der Waals surface area contributed by atoms with E-state index in [0.717, 1.165) is 24.6 Å². The van der Waals surface area contributed by atoms with Gasteiger partial charge < -0.3 is 10.3 Å². The summed E-state index contributed by atoms with van der Waals surface area (Å²) in [4.78, 5) is 27.1. The van der Waals surface area contributed by atoms with Crippen LogP contribution in [0.5, 0.6) is 0 Å². The number of benzene rings is 1. The van der Waals surface area contributed by atoms with Gasteiger partial charge in [0.15, 0.2) is 0 Å². The van der Waals surface area contributed by atoms with Crippen molar-refractivity contribution in [2.75, 3.05) is 0 Å². The van der Waals surface area contributed by atoms with Crippen LogP contribution in [-0.4, -0.2) is 16.9 Å². The molecule has 3 rings (SSSR count).